The average molecular weight is 359 g/mol. The van der Waals surface area contributed by atoms with Gasteiger partial charge in [-0.1, -0.05) is 61.0 Å². The first-order chi connectivity index (χ1) is 13.1. The number of carbonyl (C=O) groups excluding carboxylic acids is 1. The van der Waals surface area contributed by atoms with Gasteiger partial charge < -0.3 is 9.73 Å². The van der Waals surface area contributed by atoms with Crippen LogP contribution in [-0.4, -0.2) is 5.91 Å². The number of furan rings is 1. The topological polar surface area (TPSA) is 42.2 Å². The molecule has 1 amide bonds. The Morgan fingerprint density at radius 3 is 2.48 bits per heavy atom. The van der Waals surface area contributed by atoms with Crippen LogP contribution in [0.25, 0.3) is 11.6 Å². The lowest BCUT2D eigenvalue weighted by Gasteiger charge is -2.21. The molecule has 0 spiro atoms. The standard InChI is InChI=1S/C24H25NO2/c1-4-23(21-13-12-17(2)15-18(21)3)25-24(26)22(16-20-11-8-14-27-20)19-9-6-5-7-10-19/h5-16,23H,4H2,1-3H3,(H,25,26)/b22-16+/t23-/m1/s1. The Bertz CT molecular complexity index is 924. The van der Waals surface area contributed by atoms with Crippen LogP contribution < -0.4 is 5.32 Å². The summed E-state index contributed by atoms with van der Waals surface area (Å²) in [4.78, 5) is 13.2. The van der Waals surface area contributed by atoms with Crippen LogP contribution in [-0.2, 0) is 4.79 Å². The van der Waals surface area contributed by atoms with E-state index >= 15 is 0 Å². The van der Waals surface area contributed by atoms with Crippen molar-refractivity contribution in [2.75, 3.05) is 0 Å². The van der Waals surface area contributed by atoms with Gasteiger partial charge in [0.25, 0.3) is 5.91 Å². The molecule has 138 valence electrons. The Balaban J connectivity index is 1.92. The normalized spacial score (nSPS) is 12.6. The smallest absolute Gasteiger partial charge is 0.252 e. The Kier molecular flexibility index (Phi) is 5.92. The van der Waals surface area contributed by atoms with Gasteiger partial charge >= 0.3 is 0 Å². The van der Waals surface area contributed by atoms with Gasteiger partial charge in [0, 0.05) is 0 Å². The third-order valence-electron chi connectivity index (χ3n) is 4.67. The Morgan fingerprint density at radius 2 is 1.85 bits per heavy atom. The van der Waals surface area contributed by atoms with E-state index in [-0.39, 0.29) is 11.9 Å². The number of hydrogen-bond donors (Lipinski definition) is 1. The van der Waals surface area contributed by atoms with Crippen LogP contribution in [0.2, 0.25) is 0 Å². The fourth-order valence-corrected chi connectivity index (χ4v) is 3.27. The third-order valence-corrected chi connectivity index (χ3v) is 4.67. The lowest BCUT2D eigenvalue weighted by Crippen LogP contribution is -2.29. The van der Waals surface area contributed by atoms with Crippen molar-refractivity contribution in [1.29, 1.82) is 0 Å². The largest absolute Gasteiger partial charge is 0.465 e. The summed E-state index contributed by atoms with van der Waals surface area (Å²) in [6.07, 6.45) is 4.22. The number of amides is 1. The highest BCUT2D eigenvalue weighted by Crippen LogP contribution is 2.25. The molecule has 0 unspecified atom stereocenters. The fraction of sp³-hybridized carbons (Fsp3) is 0.208. The molecule has 0 radical (unpaired) electrons. The van der Waals surface area contributed by atoms with Gasteiger partial charge in [-0.05, 0) is 55.2 Å². The first-order valence-electron chi connectivity index (χ1n) is 9.27. The van der Waals surface area contributed by atoms with Crippen molar-refractivity contribution >= 4 is 17.6 Å². The summed E-state index contributed by atoms with van der Waals surface area (Å²) in [6, 6.07) is 19.7. The van der Waals surface area contributed by atoms with Gasteiger partial charge in [-0.2, -0.15) is 0 Å². The number of benzene rings is 2. The molecule has 1 heterocycles. The second-order valence-electron chi connectivity index (χ2n) is 6.73. The van der Waals surface area contributed by atoms with Crippen molar-refractivity contribution in [3.63, 3.8) is 0 Å². The molecule has 0 saturated heterocycles. The molecule has 1 aromatic heterocycles. The number of hydrogen-bond acceptors (Lipinski definition) is 2. The van der Waals surface area contributed by atoms with Gasteiger partial charge in [0.05, 0.1) is 17.9 Å². The van der Waals surface area contributed by atoms with Crippen molar-refractivity contribution in [3.8, 4) is 0 Å². The van der Waals surface area contributed by atoms with Gasteiger partial charge in [-0.3, -0.25) is 4.79 Å². The van der Waals surface area contributed by atoms with Gasteiger partial charge in [-0.25, -0.2) is 0 Å². The van der Waals surface area contributed by atoms with Crippen molar-refractivity contribution in [2.24, 2.45) is 0 Å². The maximum Gasteiger partial charge on any atom is 0.252 e. The molecule has 27 heavy (non-hydrogen) atoms. The van der Waals surface area contributed by atoms with E-state index in [1.165, 1.54) is 11.1 Å². The second kappa shape index (κ2) is 8.54. The van der Waals surface area contributed by atoms with Gasteiger partial charge in [0.1, 0.15) is 5.76 Å². The SMILES string of the molecule is CC[C@@H](NC(=O)/C(=C/c1ccco1)c1ccccc1)c1ccc(C)cc1C. The van der Waals surface area contributed by atoms with E-state index < -0.39 is 0 Å². The molecule has 3 aromatic rings. The summed E-state index contributed by atoms with van der Waals surface area (Å²) in [7, 11) is 0. The molecule has 3 rings (SSSR count). The van der Waals surface area contributed by atoms with Crippen LogP contribution in [0.4, 0.5) is 0 Å². The molecule has 3 nitrogen and oxygen atoms in total. The van der Waals surface area contributed by atoms with Crippen LogP contribution >= 0.6 is 0 Å². The summed E-state index contributed by atoms with van der Waals surface area (Å²) >= 11 is 0. The summed E-state index contributed by atoms with van der Waals surface area (Å²) in [6.45, 7) is 6.26. The lowest BCUT2D eigenvalue weighted by atomic mass is 9.96. The van der Waals surface area contributed by atoms with E-state index in [0.717, 1.165) is 17.5 Å². The third kappa shape index (κ3) is 4.56. The highest BCUT2D eigenvalue weighted by atomic mass is 16.3. The number of rotatable bonds is 6. The van der Waals surface area contributed by atoms with Crippen LogP contribution in [0.3, 0.4) is 0 Å². The molecule has 2 aromatic carbocycles. The van der Waals surface area contributed by atoms with Crippen molar-refractivity contribution in [1.82, 2.24) is 5.32 Å². The average Bonchev–Trinajstić information content (AvgIpc) is 3.18. The first-order valence-corrected chi connectivity index (χ1v) is 9.27. The molecule has 0 bridgehead atoms. The predicted octanol–water partition coefficient (Wildman–Crippen LogP) is 5.70. The molecule has 0 saturated carbocycles. The molecular formula is C24H25NO2. The predicted molar refractivity (Wildman–Crippen MR) is 110 cm³/mol. The molecule has 1 atom stereocenters. The van der Waals surface area contributed by atoms with Crippen molar-refractivity contribution < 1.29 is 9.21 Å². The molecule has 1 N–H and O–H groups in total. The van der Waals surface area contributed by atoms with Crippen molar-refractivity contribution in [3.05, 3.63) is 94.9 Å². The molecule has 0 aliphatic heterocycles. The Morgan fingerprint density at radius 1 is 1.07 bits per heavy atom. The molecule has 3 heteroatoms. The fourth-order valence-electron chi connectivity index (χ4n) is 3.27. The van der Waals surface area contributed by atoms with Gasteiger partial charge in [0.15, 0.2) is 0 Å². The van der Waals surface area contributed by atoms with Crippen LogP contribution in [0.1, 0.15) is 47.4 Å². The maximum atomic E-state index is 13.2. The van der Waals surface area contributed by atoms with E-state index in [1.807, 2.05) is 42.5 Å². The van der Waals surface area contributed by atoms with Gasteiger partial charge in [-0.15, -0.1) is 0 Å². The molecule has 0 aliphatic rings. The van der Waals surface area contributed by atoms with Crippen molar-refractivity contribution in [2.45, 2.75) is 33.2 Å². The zero-order valence-electron chi connectivity index (χ0n) is 16.0. The second-order valence-corrected chi connectivity index (χ2v) is 6.73. The molecular weight excluding hydrogens is 334 g/mol. The van der Waals surface area contributed by atoms with E-state index in [1.54, 1.807) is 12.3 Å². The quantitative estimate of drug-likeness (QED) is 0.573. The highest BCUT2D eigenvalue weighted by molar-refractivity contribution is 6.24. The zero-order chi connectivity index (χ0) is 19.2. The minimum Gasteiger partial charge on any atom is -0.465 e. The van der Waals surface area contributed by atoms with Crippen LogP contribution in [0.5, 0.6) is 0 Å². The van der Waals surface area contributed by atoms with E-state index in [4.69, 9.17) is 4.42 Å². The van der Waals surface area contributed by atoms with Gasteiger partial charge in [0.2, 0.25) is 0 Å². The van der Waals surface area contributed by atoms with Crippen LogP contribution in [0, 0.1) is 13.8 Å². The summed E-state index contributed by atoms with van der Waals surface area (Å²) < 4.78 is 5.43. The number of carbonyl (C=O) groups is 1. The van der Waals surface area contributed by atoms with E-state index in [2.05, 4.69) is 44.3 Å². The highest BCUT2D eigenvalue weighted by Gasteiger charge is 2.19. The number of nitrogens with one attached hydrogen (secondary N) is 1. The summed E-state index contributed by atoms with van der Waals surface area (Å²) in [5.74, 6) is 0.549. The van der Waals surface area contributed by atoms with Crippen LogP contribution in [0.15, 0.2) is 71.3 Å². The first kappa shape index (κ1) is 18.7. The lowest BCUT2D eigenvalue weighted by molar-refractivity contribution is -0.116. The maximum absolute atomic E-state index is 13.2. The summed E-state index contributed by atoms with van der Waals surface area (Å²) in [5.41, 5.74) is 5.02. The minimum atomic E-state index is -0.107. The summed E-state index contributed by atoms with van der Waals surface area (Å²) in [5, 5.41) is 3.21. The number of aryl methyl sites for hydroxylation is 2. The Hall–Kier alpha value is -3.07. The van der Waals surface area contributed by atoms with E-state index in [9.17, 15) is 4.79 Å². The zero-order valence-corrected chi connectivity index (χ0v) is 16.0. The monoisotopic (exact) mass is 359 g/mol. The molecule has 0 aliphatic carbocycles. The van der Waals surface area contributed by atoms with E-state index in [0.29, 0.717) is 11.3 Å². The minimum absolute atomic E-state index is 0.0400. The molecule has 0 fully saturated rings. The Labute approximate surface area is 160 Å².